The monoisotopic (exact) mass is 218 g/mol. The Balaban J connectivity index is 2.27. The van der Waals surface area contributed by atoms with E-state index in [1.54, 1.807) is 24.8 Å². The van der Waals surface area contributed by atoms with Gasteiger partial charge in [0, 0.05) is 35.9 Å². The third-order valence-corrected chi connectivity index (χ3v) is 2.06. The average Bonchev–Trinajstić information content (AvgIpc) is 2.61. The molecule has 0 aliphatic carbocycles. The third-order valence-electron chi connectivity index (χ3n) is 2.06. The third kappa shape index (κ3) is 2.21. The van der Waals surface area contributed by atoms with Crippen LogP contribution in [0.1, 0.15) is 20.8 Å². The van der Waals surface area contributed by atoms with E-state index in [9.17, 15) is 4.79 Å². The largest absolute Gasteiger partial charge is 0.443 e. The summed E-state index contributed by atoms with van der Waals surface area (Å²) in [5.41, 5.74) is 1.46. The van der Waals surface area contributed by atoms with E-state index in [0.717, 1.165) is 11.1 Å². The number of hydrogen-bond donors (Lipinski definition) is 0. The molecular formula is C12H14N2O2. The van der Waals surface area contributed by atoms with Crippen molar-refractivity contribution in [1.82, 2.24) is 9.55 Å². The molecule has 0 fully saturated rings. The van der Waals surface area contributed by atoms with Gasteiger partial charge in [0.1, 0.15) is 5.60 Å². The number of carbonyl (C=O) groups is 1. The second-order valence-electron chi connectivity index (χ2n) is 4.65. The summed E-state index contributed by atoms with van der Waals surface area (Å²) in [5, 5.41) is 0. The highest BCUT2D eigenvalue weighted by Gasteiger charge is 2.17. The minimum absolute atomic E-state index is 0.379. The zero-order chi connectivity index (χ0) is 11.8. The first-order chi connectivity index (χ1) is 7.46. The van der Waals surface area contributed by atoms with Crippen molar-refractivity contribution in [2.45, 2.75) is 26.4 Å². The summed E-state index contributed by atoms with van der Waals surface area (Å²) in [7, 11) is 0. The van der Waals surface area contributed by atoms with Crippen LogP contribution in [0.3, 0.4) is 0 Å². The molecule has 0 spiro atoms. The Kier molecular flexibility index (Phi) is 2.42. The van der Waals surface area contributed by atoms with Gasteiger partial charge < -0.3 is 4.74 Å². The lowest BCUT2D eigenvalue weighted by molar-refractivity contribution is 0.0536. The Bertz CT molecular complexity index is 482. The van der Waals surface area contributed by atoms with E-state index in [1.807, 2.05) is 26.8 Å². The van der Waals surface area contributed by atoms with Crippen molar-refractivity contribution in [2.75, 3.05) is 0 Å². The van der Waals surface area contributed by atoms with Gasteiger partial charge in [0.05, 0.1) is 0 Å². The standard InChI is InChI=1S/C12H14N2O2/c1-12(2,3)16-11(15)14-5-4-9-6-13-7-10(9)8-14/h4-8H,1-3H3. The number of nitrogens with zero attached hydrogens (tertiary/aromatic N) is 2. The van der Waals surface area contributed by atoms with Crippen molar-refractivity contribution >= 4 is 6.09 Å². The van der Waals surface area contributed by atoms with Crippen molar-refractivity contribution in [1.29, 1.82) is 0 Å². The SMILES string of the molecule is CC(C)(C)OC(=O)n1ccc2cncc-2c1. The van der Waals surface area contributed by atoms with Gasteiger partial charge >= 0.3 is 6.09 Å². The van der Waals surface area contributed by atoms with Gasteiger partial charge in [-0.05, 0) is 26.8 Å². The molecule has 16 heavy (non-hydrogen) atoms. The summed E-state index contributed by atoms with van der Waals surface area (Å²) in [6, 6.07) is 1.84. The predicted octanol–water partition coefficient (Wildman–Crippen LogP) is 2.77. The van der Waals surface area contributed by atoms with Gasteiger partial charge in [-0.1, -0.05) is 0 Å². The van der Waals surface area contributed by atoms with Crippen molar-refractivity contribution in [3.05, 3.63) is 30.9 Å². The molecule has 0 aromatic rings. The molecule has 2 heterocycles. The van der Waals surface area contributed by atoms with Crippen molar-refractivity contribution in [2.24, 2.45) is 0 Å². The smallest absolute Gasteiger partial charge is 0.418 e. The number of aromatic nitrogens is 2. The highest BCUT2D eigenvalue weighted by atomic mass is 16.6. The van der Waals surface area contributed by atoms with E-state index in [0.29, 0.717) is 0 Å². The van der Waals surface area contributed by atoms with Crippen LogP contribution >= 0.6 is 0 Å². The van der Waals surface area contributed by atoms with Crippen LogP contribution in [0.15, 0.2) is 30.9 Å². The molecule has 4 heteroatoms. The van der Waals surface area contributed by atoms with E-state index in [4.69, 9.17) is 4.74 Å². The predicted molar refractivity (Wildman–Crippen MR) is 60.5 cm³/mol. The van der Waals surface area contributed by atoms with Gasteiger partial charge in [0.2, 0.25) is 0 Å². The molecule has 2 rings (SSSR count). The Morgan fingerprint density at radius 1 is 1.31 bits per heavy atom. The Morgan fingerprint density at radius 2 is 2.00 bits per heavy atom. The molecule has 0 amide bonds. The zero-order valence-corrected chi connectivity index (χ0v) is 9.60. The Morgan fingerprint density at radius 3 is 2.69 bits per heavy atom. The Labute approximate surface area is 94.2 Å². The maximum atomic E-state index is 11.7. The fraction of sp³-hybridized carbons (Fsp3) is 0.333. The highest BCUT2D eigenvalue weighted by Crippen LogP contribution is 2.20. The van der Waals surface area contributed by atoms with Crippen molar-refractivity contribution in [3.8, 4) is 11.1 Å². The topological polar surface area (TPSA) is 44.1 Å². The highest BCUT2D eigenvalue weighted by molar-refractivity contribution is 5.74. The number of pyridine rings is 1. The molecular weight excluding hydrogens is 204 g/mol. The molecule has 2 aliphatic heterocycles. The second kappa shape index (κ2) is 3.63. The van der Waals surface area contributed by atoms with Crippen LogP contribution in [-0.2, 0) is 4.74 Å². The fourth-order valence-corrected chi connectivity index (χ4v) is 1.38. The van der Waals surface area contributed by atoms with Crippen LogP contribution in [0.5, 0.6) is 0 Å². The molecule has 0 atom stereocenters. The van der Waals surface area contributed by atoms with Gasteiger partial charge in [0.25, 0.3) is 0 Å². The number of fused-ring (bicyclic) bond motifs is 1. The second-order valence-corrected chi connectivity index (χ2v) is 4.65. The molecule has 0 N–H and O–H groups in total. The minimum atomic E-state index is -0.483. The molecule has 2 aliphatic rings. The normalized spacial score (nSPS) is 11.7. The molecule has 4 nitrogen and oxygen atoms in total. The van der Waals surface area contributed by atoms with E-state index in [2.05, 4.69) is 4.98 Å². The van der Waals surface area contributed by atoms with Crippen molar-refractivity contribution in [3.63, 3.8) is 0 Å². The van der Waals surface area contributed by atoms with Crippen LogP contribution in [-0.4, -0.2) is 21.2 Å². The fourth-order valence-electron chi connectivity index (χ4n) is 1.38. The zero-order valence-electron chi connectivity index (χ0n) is 9.60. The summed E-state index contributed by atoms with van der Waals surface area (Å²) in [5.74, 6) is 0. The molecule has 0 aromatic heterocycles. The number of hydrogen-bond acceptors (Lipinski definition) is 3. The van der Waals surface area contributed by atoms with Gasteiger partial charge in [-0.25, -0.2) is 4.79 Å². The van der Waals surface area contributed by atoms with Crippen LogP contribution in [0.2, 0.25) is 0 Å². The minimum Gasteiger partial charge on any atom is -0.443 e. The van der Waals surface area contributed by atoms with Crippen LogP contribution in [0.4, 0.5) is 4.79 Å². The average molecular weight is 218 g/mol. The van der Waals surface area contributed by atoms with Crippen LogP contribution in [0, 0.1) is 0 Å². The lowest BCUT2D eigenvalue weighted by Crippen LogP contribution is -2.27. The molecule has 84 valence electrons. The lowest BCUT2D eigenvalue weighted by atomic mass is 10.2. The van der Waals surface area contributed by atoms with E-state index in [-0.39, 0.29) is 6.09 Å². The first-order valence-electron chi connectivity index (χ1n) is 5.11. The van der Waals surface area contributed by atoms with Crippen molar-refractivity contribution < 1.29 is 9.53 Å². The van der Waals surface area contributed by atoms with E-state index >= 15 is 0 Å². The van der Waals surface area contributed by atoms with Gasteiger partial charge in [0.15, 0.2) is 0 Å². The summed E-state index contributed by atoms with van der Waals surface area (Å²) in [4.78, 5) is 15.8. The summed E-state index contributed by atoms with van der Waals surface area (Å²) in [6.07, 6.45) is 6.50. The molecule has 0 saturated heterocycles. The van der Waals surface area contributed by atoms with Crippen LogP contribution in [0.25, 0.3) is 11.1 Å². The number of rotatable bonds is 0. The first kappa shape index (κ1) is 10.7. The number of carbonyl (C=O) groups excluding carboxylic acids is 1. The van der Waals surface area contributed by atoms with Gasteiger partial charge in [-0.2, -0.15) is 0 Å². The summed E-state index contributed by atoms with van der Waals surface area (Å²) >= 11 is 0. The lowest BCUT2D eigenvalue weighted by Gasteiger charge is -2.20. The molecule has 0 unspecified atom stereocenters. The molecule has 0 bridgehead atoms. The molecule has 0 aromatic carbocycles. The van der Waals surface area contributed by atoms with Gasteiger partial charge in [-0.15, -0.1) is 0 Å². The maximum absolute atomic E-state index is 11.7. The molecule has 0 radical (unpaired) electrons. The quantitative estimate of drug-likeness (QED) is 0.683. The summed E-state index contributed by atoms with van der Waals surface area (Å²) in [6.45, 7) is 5.52. The van der Waals surface area contributed by atoms with E-state index < -0.39 is 5.60 Å². The van der Waals surface area contributed by atoms with Crippen LogP contribution < -0.4 is 0 Å². The Hall–Kier alpha value is -1.84. The maximum Gasteiger partial charge on any atom is 0.418 e. The number of ether oxygens (including phenoxy) is 1. The first-order valence-corrected chi connectivity index (χ1v) is 5.11. The molecule has 0 saturated carbocycles. The van der Waals surface area contributed by atoms with Gasteiger partial charge in [-0.3, -0.25) is 9.55 Å². The van der Waals surface area contributed by atoms with E-state index in [1.165, 1.54) is 4.57 Å². The summed E-state index contributed by atoms with van der Waals surface area (Å²) < 4.78 is 6.68.